The van der Waals surface area contributed by atoms with Crippen molar-refractivity contribution in [3.63, 3.8) is 0 Å². The number of allylic oxidation sites excluding steroid dienone is 1. The van der Waals surface area contributed by atoms with E-state index in [2.05, 4.69) is 4.89 Å². The van der Waals surface area contributed by atoms with Crippen LogP contribution >= 0.6 is 0 Å². The molecule has 0 heterocycles. The van der Waals surface area contributed by atoms with E-state index in [9.17, 15) is 4.79 Å². The summed E-state index contributed by atoms with van der Waals surface area (Å²) in [6, 6.07) is 0. The van der Waals surface area contributed by atoms with Crippen molar-refractivity contribution in [2.24, 2.45) is 0 Å². The standard InChI is InChI=1S/C9H16O3/c10-8-6-4-2-1-3-5-7-9-12-11/h6,11H,1-5,7,9H2. The van der Waals surface area contributed by atoms with Crippen LogP contribution in [0.2, 0.25) is 0 Å². The van der Waals surface area contributed by atoms with E-state index >= 15 is 0 Å². The molecule has 0 aromatic heterocycles. The zero-order chi connectivity index (χ0) is 9.07. The van der Waals surface area contributed by atoms with Gasteiger partial charge in [-0.05, 0) is 25.3 Å². The predicted molar refractivity (Wildman–Crippen MR) is 46.5 cm³/mol. The molecule has 0 saturated carbocycles. The summed E-state index contributed by atoms with van der Waals surface area (Å²) in [4.78, 5) is 13.7. The highest BCUT2D eigenvalue weighted by Crippen LogP contribution is 2.04. The minimum absolute atomic E-state index is 0.425. The van der Waals surface area contributed by atoms with E-state index in [0.717, 1.165) is 38.5 Å². The zero-order valence-electron chi connectivity index (χ0n) is 7.29. The Hall–Kier alpha value is -0.630. The first-order chi connectivity index (χ1) is 5.91. The van der Waals surface area contributed by atoms with Crippen molar-refractivity contribution in [1.82, 2.24) is 0 Å². The van der Waals surface area contributed by atoms with Gasteiger partial charge in [0.15, 0.2) is 0 Å². The van der Waals surface area contributed by atoms with Gasteiger partial charge in [-0.15, -0.1) is 0 Å². The van der Waals surface area contributed by atoms with Crippen LogP contribution in [-0.2, 0) is 9.68 Å². The summed E-state index contributed by atoms with van der Waals surface area (Å²) in [5.41, 5.74) is 0. The third kappa shape index (κ3) is 9.37. The SMILES string of the molecule is O=C=CCCCCCCCOO. The zero-order valence-corrected chi connectivity index (χ0v) is 7.29. The van der Waals surface area contributed by atoms with Crippen molar-refractivity contribution in [1.29, 1.82) is 0 Å². The fourth-order valence-corrected chi connectivity index (χ4v) is 1.00. The number of rotatable bonds is 8. The van der Waals surface area contributed by atoms with E-state index in [1.165, 1.54) is 6.08 Å². The van der Waals surface area contributed by atoms with Gasteiger partial charge in [-0.25, -0.2) is 9.68 Å². The molecule has 0 aliphatic carbocycles. The number of carbonyl (C=O) groups excluding carboxylic acids is 1. The fraction of sp³-hybridized carbons (Fsp3) is 0.778. The summed E-state index contributed by atoms with van der Waals surface area (Å²) in [7, 11) is 0. The predicted octanol–water partition coefficient (Wildman–Crippen LogP) is 2.20. The molecule has 0 spiro atoms. The highest BCUT2D eigenvalue weighted by molar-refractivity contribution is 5.44. The molecule has 0 aromatic carbocycles. The number of unbranched alkanes of at least 4 members (excludes halogenated alkanes) is 5. The maximum Gasteiger partial charge on any atom is 0.120 e. The lowest BCUT2D eigenvalue weighted by molar-refractivity contribution is -0.242. The molecule has 0 saturated heterocycles. The third-order valence-electron chi connectivity index (χ3n) is 1.67. The Balaban J connectivity index is 2.86. The first-order valence-corrected chi connectivity index (χ1v) is 4.37. The summed E-state index contributed by atoms with van der Waals surface area (Å²) in [6.07, 6.45) is 7.65. The van der Waals surface area contributed by atoms with Crippen LogP contribution in [0, 0.1) is 0 Å². The van der Waals surface area contributed by atoms with Crippen LogP contribution in [-0.4, -0.2) is 17.8 Å². The molecule has 0 aliphatic heterocycles. The second-order valence-electron chi connectivity index (χ2n) is 2.71. The summed E-state index contributed by atoms with van der Waals surface area (Å²) in [6.45, 7) is 0.425. The van der Waals surface area contributed by atoms with Gasteiger partial charge in [0.05, 0.1) is 6.61 Å². The Morgan fingerprint density at radius 1 is 1.17 bits per heavy atom. The van der Waals surface area contributed by atoms with Crippen LogP contribution in [0.3, 0.4) is 0 Å². The topological polar surface area (TPSA) is 46.5 Å². The van der Waals surface area contributed by atoms with Crippen molar-refractivity contribution in [3.05, 3.63) is 6.08 Å². The second-order valence-corrected chi connectivity index (χ2v) is 2.71. The molecule has 0 fully saturated rings. The summed E-state index contributed by atoms with van der Waals surface area (Å²) < 4.78 is 0. The molecule has 0 amide bonds. The van der Waals surface area contributed by atoms with Gasteiger partial charge in [-0.3, -0.25) is 5.26 Å². The van der Waals surface area contributed by atoms with Gasteiger partial charge in [-0.2, -0.15) is 0 Å². The molecule has 1 N–H and O–H groups in total. The first-order valence-electron chi connectivity index (χ1n) is 4.37. The van der Waals surface area contributed by atoms with E-state index in [1.807, 2.05) is 0 Å². The monoisotopic (exact) mass is 172 g/mol. The van der Waals surface area contributed by atoms with Crippen molar-refractivity contribution in [2.75, 3.05) is 6.61 Å². The van der Waals surface area contributed by atoms with Crippen LogP contribution in [0.15, 0.2) is 6.08 Å². The largest absolute Gasteiger partial charge is 0.252 e. The van der Waals surface area contributed by atoms with Gasteiger partial charge in [0.25, 0.3) is 0 Å². The normalized spacial score (nSPS) is 9.42. The van der Waals surface area contributed by atoms with Gasteiger partial charge >= 0.3 is 0 Å². The van der Waals surface area contributed by atoms with E-state index in [4.69, 9.17) is 5.26 Å². The van der Waals surface area contributed by atoms with Crippen molar-refractivity contribution in [2.45, 2.75) is 38.5 Å². The lowest BCUT2D eigenvalue weighted by Crippen LogP contribution is -1.88. The molecule has 70 valence electrons. The molecule has 0 unspecified atom stereocenters. The maximum atomic E-state index is 9.75. The van der Waals surface area contributed by atoms with Gasteiger partial charge in [-0.1, -0.05) is 19.3 Å². The fourth-order valence-electron chi connectivity index (χ4n) is 1.00. The molecule has 0 aromatic rings. The Morgan fingerprint density at radius 3 is 2.50 bits per heavy atom. The van der Waals surface area contributed by atoms with Crippen LogP contribution in [0.4, 0.5) is 0 Å². The summed E-state index contributed by atoms with van der Waals surface area (Å²) >= 11 is 0. The lowest BCUT2D eigenvalue weighted by atomic mass is 10.1. The molecular formula is C9H16O3. The van der Waals surface area contributed by atoms with Gasteiger partial charge < -0.3 is 0 Å². The van der Waals surface area contributed by atoms with E-state index in [0.29, 0.717) is 6.61 Å². The summed E-state index contributed by atoms with van der Waals surface area (Å²) in [5.74, 6) is 1.75. The summed E-state index contributed by atoms with van der Waals surface area (Å²) in [5, 5.41) is 7.99. The smallest absolute Gasteiger partial charge is 0.120 e. The average Bonchev–Trinajstić information content (AvgIpc) is 2.10. The van der Waals surface area contributed by atoms with Crippen molar-refractivity contribution in [3.8, 4) is 0 Å². The highest BCUT2D eigenvalue weighted by atomic mass is 17.1. The third-order valence-corrected chi connectivity index (χ3v) is 1.67. The molecule has 0 radical (unpaired) electrons. The molecule has 0 bridgehead atoms. The van der Waals surface area contributed by atoms with Crippen LogP contribution in [0.25, 0.3) is 0 Å². The van der Waals surface area contributed by atoms with Crippen molar-refractivity contribution < 1.29 is 14.9 Å². The van der Waals surface area contributed by atoms with Gasteiger partial charge in [0, 0.05) is 0 Å². The Bertz CT molecular complexity index is 128. The minimum atomic E-state index is 0.425. The Kier molecular flexibility index (Phi) is 9.83. The Labute approximate surface area is 73.0 Å². The average molecular weight is 172 g/mol. The highest BCUT2D eigenvalue weighted by Gasteiger charge is 1.89. The molecule has 3 heteroatoms. The van der Waals surface area contributed by atoms with E-state index in [1.54, 1.807) is 5.94 Å². The van der Waals surface area contributed by atoms with E-state index < -0.39 is 0 Å². The quantitative estimate of drug-likeness (QED) is 0.264. The Morgan fingerprint density at radius 2 is 1.83 bits per heavy atom. The van der Waals surface area contributed by atoms with Crippen LogP contribution < -0.4 is 0 Å². The van der Waals surface area contributed by atoms with E-state index in [-0.39, 0.29) is 0 Å². The maximum absolute atomic E-state index is 9.75. The van der Waals surface area contributed by atoms with Crippen molar-refractivity contribution >= 4 is 5.94 Å². The van der Waals surface area contributed by atoms with Crippen LogP contribution in [0.1, 0.15) is 38.5 Å². The molecule has 12 heavy (non-hydrogen) atoms. The van der Waals surface area contributed by atoms with Gasteiger partial charge in [0.1, 0.15) is 5.94 Å². The van der Waals surface area contributed by atoms with Crippen LogP contribution in [0.5, 0.6) is 0 Å². The molecule has 0 aliphatic rings. The van der Waals surface area contributed by atoms with Gasteiger partial charge in [0.2, 0.25) is 0 Å². The minimum Gasteiger partial charge on any atom is -0.252 e. The molecule has 0 atom stereocenters. The molecule has 3 nitrogen and oxygen atoms in total. The lowest BCUT2D eigenvalue weighted by Gasteiger charge is -1.97. The first kappa shape index (κ1) is 11.4. The molecule has 0 rings (SSSR count). The second kappa shape index (κ2) is 10.4. The molecular weight excluding hydrogens is 156 g/mol. The number of hydrogen-bond donors (Lipinski definition) is 1. The number of hydrogen-bond acceptors (Lipinski definition) is 3.